The molecule has 1 aliphatic rings. The number of carbonyl (C=O) groups excluding carboxylic acids is 1. The smallest absolute Gasteiger partial charge is 0.248 e. The molecule has 0 aromatic heterocycles. The van der Waals surface area contributed by atoms with Crippen molar-refractivity contribution >= 4 is 27.5 Å². The molecule has 1 heterocycles. The number of amides is 1. The topological polar surface area (TPSA) is 46.3 Å². The molecule has 0 spiro atoms. The molecule has 0 aliphatic carbocycles. The van der Waals surface area contributed by atoms with Crippen LogP contribution in [0.1, 0.15) is 17.2 Å². The second-order valence-corrected chi connectivity index (χ2v) is 5.55. The van der Waals surface area contributed by atoms with Crippen LogP contribution in [0.25, 0.3) is 0 Å². The molecule has 2 aromatic rings. The van der Waals surface area contributed by atoms with Gasteiger partial charge in [-0.1, -0.05) is 34.1 Å². The summed E-state index contributed by atoms with van der Waals surface area (Å²) in [4.78, 5) is 13.8. The van der Waals surface area contributed by atoms with Crippen LogP contribution in [0.15, 0.2) is 46.9 Å². The van der Waals surface area contributed by atoms with E-state index < -0.39 is 6.04 Å². The highest BCUT2D eigenvalue weighted by molar-refractivity contribution is 9.10. The number of hydrogen-bond acceptors (Lipinski definition) is 2. The summed E-state index contributed by atoms with van der Waals surface area (Å²) in [6.45, 7) is 0.409. The van der Waals surface area contributed by atoms with Gasteiger partial charge in [0.25, 0.3) is 0 Å². The fraction of sp³-hybridized carbons (Fsp3) is 0.133. The van der Waals surface area contributed by atoms with E-state index >= 15 is 0 Å². The van der Waals surface area contributed by atoms with E-state index in [0.717, 1.165) is 10.0 Å². The lowest BCUT2D eigenvalue weighted by Gasteiger charge is -2.18. The van der Waals surface area contributed by atoms with Gasteiger partial charge in [0, 0.05) is 15.7 Å². The van der Waals surface area contributed by atoms with Gasteiger partial charge in [-0.3, -0.25) is 4.79 Å². The number of fused-ring (bicyclic) bond motifs is 1. The number of carbonyl (C=O) groups is 1. The van der Waals surface area contributed by atoms with Crippen LogP contribution in [-0.4, -0.2) is 5.91 Å². The van der Waals surface area contributed by atoms with E-state index in [0.29, 0.717) is 17.8 Å². The molecular formula is C15H12BrFN2O. The molecule has 0 saturated carbocycles. The SMILES string of the molecule is NC1C(=O)N(Cc2ccccc2Br)c2ccc(F)cc21. The van der Waals surface area contributed by atoms with Crippen molar-refractivity contribution in [1.29, 1.82) is 0 Å². The normalized spacial score (nSPS) is 17.4. The van der Waals surface area contributed by atoms with Gasteiger partial charge in [0.1, 0.15) is 11.9 Å². The standard InChI is InChI=1S/C15H12BrFN2O/c16-12-4-2-1-3-9(12)8-19-13-6-5-10(17)7-11(13)14(18)15(19)20/h1-7,14H,8,18H2. The lowest BCUT2D eigenvalue weighted by molar-refractivity contribution is -0.119. The maximum absolute atomic E-state index is 13.3. The maximum Gasteiger partial charge on any atom is 0.248 e. The van der Waals surface area contributed by atoms with E-state index in [-0.39, 0.29) is 11.7 Å². The molecule has 0 bridgehead atoms. The zero-order valence-electron chi connectivity index (χ0n) is 10.5. The van der Waals surface area contributed by atoms with Crippen molar-refractivity contribution in [2.45, 2.75) is 12.6 Å². The van der Waals surface area contributed by atoms with Crippen LogP contribution in [-0.2, 0) is 11.3 Å². The highest BCUT2D eigenvalue weighted by atomic mass is 79.9. The summed E-state index contributed by atoms with van der Waals surface area (Å²) in [6.07, 6.45) is 0. The first kappa shape index (κ1) is 13.3. The van der Waals surface area contributed by atoms with Crippen LogP contribution in [0.3, 0.4) is 0 Å². The van der Waals surface area contributed by atoms with Gasteiger partial charge in [-0.2, -0.15) is 0 Å². The van der Waals surface area contributed by atoms with Crippen LogP contribution in [0.4, 0.5) is 10.1 Å². The quantitative estimate of drug-likeness (QED) is 0.917. The first-order valence-electron chi connectivity index (χ1n) is 6.18. The molecule has 102 valence electrons. The van der Waals surface area contributed by atoms with Gasteiger partial charge in [0.2, 0.25) is 5.91 Å². The molecule has 1 aliphatic heterocycles. The number of halogens is 2. The summed E-state index contributed by atoms with van der Waals surface area (Å²) in [5, 5.41) is 0. The zero-order chi connectivity index (χ0) is 14.3. The minimum atomic E-state index is -0.789. The first-order chi connectivity index (χ1) is 9.58. The van der Waals surface area contributed by atoms with Crippen molar-refractivity contribution in [3.8, 4) is 0 Å². The third-order valence-electron chi connectivity index (χ3n) is 3.43. The van der Waals surface area contributed by atoms with E-state index in [1.807, 2.05) is 24.3 Å². The Morgan fingerprint density at radius 1 is 1.25 bits per heavy atom. The summed E-state index contributed by atoms with van der Waals surface area (Å²) in [6, 6.07) is 11.2. The Kier molecular flexibility index (Phi) is 3.31. The Labute approximate surface area is 124 Å². The minimum Gasteiger partial charge on any atom is -0.316 e. The third kappa shape index (κ3) is 2.13. The number of rotatable bonds is 2. The predicted molar refractivity (Wildman–Crippen MR) is 78.7 cm³/mol. The van der Waals surface area contributed by atoms with Crippen molar-refractivity contribution in [1.82, 2.24) is 0 Å². The molecule has 0 saturated heterocycles. The number of hydrogen-bond donors (Lipinski definition) is 1. The maximum atomic E-state index is 13.3. The molecule has 3 nitrogen and oxygen atoms in total. The molecule has 2 N–H and O–H groups in total. The molecule has 0 radical (unpaired) electrons. The Morgan fingerprint density at radius 2 is 2.00 bits per heavy atom. The average molecular weight is 335 g/mol. The lowest BCUT2D eigenvalue weighted by atomic mass is 10.1. The lowest BCUT2D eigenvalue weighted by Crippen LogP contribution is -2.31. The summed E-state index contributed by atoms with van der Waals surface area (Å²) in [7, 11) is 0. The number of nitrogens with zero attached hydrogens (tertiary/aromatic N) is 1. The summed E-state index contributed by atoms with van der Waals surface area (Å²) in [5.74, 6) is -0.587. The third-order valence-corrected chi connectivity index (χ3v) is 4.21. The number of anilines is 1. The van der Waals surface area contributed by atoms with E-state index in [1.165, 1.54) is 12.1 Å². The van der Waals surface area contributed by atoms with E-state index in [9.17, 15) is 9.18 Å². The number of nitrogens with two attached hydrogens (primary N) is 1. The Bertz CT molecular complexity index is 689. The van der Waals surface area contributed by atoms with Gasteiger partial charge in [-0.25, -0.2) is 4.39 Å². The fourth-order valence-electron chi connectivity index (χ4n) is 2.40. The molecule has 0 fully saturated rings. The van der Waals surface area contributed by atoms with Crippen LogP contribution in [0.5, 0.6) is 0 Å². The van der Waals surface area contributed by atoms with E-state index in [1.54, 1.807) is 11.0 Å². The van der Waals surface area contributed by atoms with Crippen LogP contribution in [0, 0.1) is 5.82 Å². The molecule has 1 unspecified atom stereocenters. The Balaban J connectivity index is 2.00. The molecule has 2 aromatic carbocycles. The fourth-order valence-corrected chi connectivity index (χ4v) is 2.81. The van der Waals surface area contributed by atoms with Gasteiger partial charge in [-0.05, 0) is 29.8 Å². The number of benzene rings is 2. The van der Waals surface area contributed by atoms with E-state index in [2.05, 4.69) is 15.9 Å². The van der Waals surface area contributed by atoms with Crippen molar-refractivity contribution in [2.75, 3.05) is 4.90 Å². The summed E-state index contributed by atoms with van der Waals surface area (Å²) >= 11 is 3.46. The molecule has 20 heavy (non-hydrogen) atoms. The first-order valence-corrected chi connectivity index (χ1v) is 6.97. The second-order valence-electron chi connectivity index (χ2n) is 4.70. The molecule has 1 amide bonds. The minimum absolute atomic E-state index is 0.207. The van der Waals surface area contributed by atoms with Gasteiger partial charge < -0.3 is 10.6 Å². The average Bonchev–Trinajstić information content (AvgIpc) is 2.66. The molecular weight excluding hydrogens is 323 g/mol. The highest BCUT2D eigenvalue weighted by Gasteiger charge is 2.35. The predicted octanol–water partition coefficient (Wildman–Crippen LogP) is 3.13. The van der Waals surface area contributed by atoms with Crippen LogP contribution >= 0.6 is 15.9 Å². The summed E-state index contributed by atoms with van der Waals surface area (Å²) in [5.41, 5.74) is 8.07. The molecule has 3 rings (SSSR count). The van der Waals surface area contributed by atoms with Gasteiger partial charge in [-0.15, -0.1) is 0 Å². The van der Waals surface area contributed by atoms with Crippen LogP contribution < -0.4 is 10.6 Å². The summed E-state index contributed by atoms with van der Waals surface area (Å²) < 4.78 is 14.2. The Hall–Kier alpha value is -1.72. The van der Waals surface area contributed by atoms with Gasteiger partial charge in [0.15, 0.2) is 0 Å². The second kappa shape index (κ2) is 5.00. The van der Waals surface area contributed by atoms with Gasteiger partial charge >= 0.3 is 0 Å². The molecule has 1 atom stereocenters. The van der Waals surface area contributed by atoms with Crippen molar-refractivity contribution in [3.05, 3.63) is 63.9 Å². The zero-order valence-corrected chi connectivity index (χ0v) is 12.1. The monoisotopic (exact) mass is 334 g/mol. The van der Waals surface area contributed by atoms with Crippen molar-refractivity contribution < 1.29 is 9.18 Å². The van der Waals surface area contributed by atoms with E-state index in [4.69, 9.17) is 5.73 Å². The van der Waals surface area contributed by atoms with Crippen molar-refractivity contribution in [3.63, 3.8) is 0 Å². The largest absolute Gasteiger partial charge is 0.316 e. The Morgan fingerprint density at radius 3 is 2.75 bits per heavy atom. The van der Waals surface area contributed by atoms with Crippen LogP contribution in [0.2, 0.25) is 0 Å². The van der Waals surface area contributed by atoms with Gasteiger partial charge in [0.05, 0.1) is 6.54 Å². The van der Waals surface area contributed by atoms with Crippen molar-refractivity contribution in [2.24, 2.45) is 5.73 Å². The highest BCUT2D eigenvalue weighted by Crippen LogP contribution is 2.36. The molecule has 5 heteroatoms.